The minimum atomic E-state index is 0.381. The van der Waals surface area contributed by atoms with Crippen LogP contribution in [0.15, 0.2) is 28.8 Å². The standard InChI is InChI=1S/C11H12N2O/c1-7-3-5-9(6-4-7)10-8(2)13-14-11(10)12/h3-6H,12H2,1-2H3. The van der Waals surface area contributed by atoms with Crippen molar-refractivity contribution in [3.8, 4) is 11.1 Å². The highest BCUT2D eigenvalue weighted by Gasteiger charge is 2.11. The van der Waals surface area contributed by atoms with Gasteiger partial charge in [-0.15, -0.1) is 0 Å². The van der Waals surface area contributed by atoms with Crippen LogP contribution in [-0.2, 0) is 0 Å². The van der Waals surface area contributed by atoms with Crippen molar-refractivity contribution in [3.05, 3.63) is 35.5 Å². The fourth-order valence-corrected chi connectivity index (χ4v) is 1.46. The number of aromatic nitrogens is 1. The summed E-state index contributed by atoms with van der Waals surface area (Å²) in [7, 11) is 0. The molecule has 2 N–H and O–H groups in total. The Balaban J connectivity index is 2.54. The van der Waals surface area contributed by atoms with Gasteiger partial charge in [0.1, 0.15) is 0 Å². The SMILES string of the molecule is Cc1ccc(-c2c(C)noc2N)cc1. The molecule has 2 rings (SSSR count). The molecule has 0 fully saturated rings. The van der Waals surface area contributed by atoms with Gasteiger partial charge in [-0.25, -0.2) is 0 Å². The quantitative estimate of drug-likeness (QED) is 0.748. The number of benzene rings is 1. The molecule has 0 atom stereocenters. The number of nitrogens with zero attached hydrogens (tertiary/aromatic N) is 1. The van der Waals surface area contributed by atoms with Crippen molar-refractivity contribution in [2.75, 3.05) is 5.73 Å². The molecule has 0 aliphatic heterocycles. The van der Waals surface area contributed by atoms with Crippen LogP contribution < -0.4 is 5.73 Å². The van der Waals surface area contributed by atoms with E-state index in [2.05, 4.69) is 5.16 Å². The minimum absolute atomic E-state index is 0.381. The Hall–Kier alpha value is -1.77. The molecule has 0 unspecified atom stereocenters. The average Bonchev–Trinajstić information content (AvgIpc) is 2.49. The number of hydrogen-bond donors (Lipinski definition) is 1. The number of hydrogen-bond acceptors (Lipinski definition) is 3. The Bertz CT molecular complexity index is 423. The molecule has 0 saturated carbocycles. The van der Waals surface area contributed by atoms with Crippen molar-refractivity contribution in [1.82, 2.24) is 5.16 Å². The number of aryl methyl sites for hydroxylation is 2. The lowest BCUT2D eigenvalue weighted by atomic mass is 10.0. The molecule has 14 heavy (non-hydrogen) atoms. The van der Waals surface area contributed by atoms with Gasteiger partial charge in [-0.2, -0.15) is 0 Å². The number of nitrogen functional groups attached to an aromatic ring is 1. The Labute approximate surface area is 82.5 Å². The predicted molar refractivity (Wildman–Crippen MR) is 55.8 cm³/mol. The van der Waals surface area contributed by atoms with Crippen LogP contribution in [0.1, 0.15) is 11.3 Å². The van der Waals surface area contributed by atoms with Crippen LogP contribution in [0, 0.1) is 13.8 Å². The fourth-order valence-electron chi connectivity index (χ4n) is 1.46. The van der Waals surface area contributed by atoms with Crippen LogP contribution in [0.3, 0.4) is 0 Å². The molecule has 1 aromatic heterocycles. The summed E-state index contributed by atoms with van der Waals surface area (Å²) in [4.78, 5) is 0. The van der Waals surface area contributed by atoms with Crippen LogP contribution in [0.25, 0.3) is 11.1 Å². The van der Waals surface area contributed by atoms with Gasteiger partial charge in [0.05, 0.1) is 11.3 Å². The van der Waals surface area contributed by atoms with E-state index in [0.29, 0.717) is 5.88 Å². The van der Waals surface area contributed by atoms with Crippen LogP contribution in [0.2, 0.25) is 0 Å². The molecule has 3 nitrogen and oxygen atoms in total. The normalized spacial score (nSPS) is 10.4. The predicted octanol–water partition coefficient (Wildman–Crippen LogP) is 2.54. The molecule has 1 heterocycles. The first-order chi connectivity index (χ1) is 6.68. The minimum Gasteiger partial charge on any atom is -0.367 e. The van der Waals surface area contributed by atoms with Gasteiger partial charge in [0.25, 0.3) is 0 Å². The lowest BCUT2D eigenvalue weighted by Crippen LogP contribution is -1.86. The average molecular weight is 188 g/mol. The van der Waals surface area contributed by atoms with E-state index in [4.69, 9.17) is 10.3 Å². The van der Waals surface area contributed by atoms with E-state index in [1.165, 1.54) is 5.56 Å². The molecule has 0 saturated heterocycles. The monoisotopic (exact) mass is 188 g/mol. The first kappa shape index (κ1) is 8.81. The van der Waals surface area contributed by atoms with Gasteiger partial charge in [0, 0.05) is 0 Å². The highest BCUT2D eigenvalue weighted by molar-refractivity contribution is 5.74. The Morgan fingerprint density at radius 3 is 2.29 bits per heavy atom. The van der Waals surface area contributed by atoms with Crippen molar-refractivity contribution in [1.29, 1.82) is 0 Å². The van der Waals surface area contributed by atoms with Gasteiger partial charge in [0.15, 0.2) is 0 Å². The zero-order valence-electron chi connectivity index (χ0n) is 8.24. The van der Waals surface area contributed by atoms with Gasteiger partial charge in [0.2, 0.25) is 5.88 Å². The summed E-state index contributed by atoms with van der Waals surface area (Å²) in [5, 5.41) is 3.81. The van der Waals surface area contributed by atoms with Crippen molar-refractivity contribution in [3.63, 3.8) is 0 Å². The van der Waals surface area contributed by atoms with Crippen molar-refractivity contribution in [2.45, 2.75) is 13.8 Å². The molecule has 1 aromatic carbocycles. The van der Waals surface area contributed by atoms with E-state index < -0.39 is 0 Å². The Kier molecular flexibility index (Phi) is 2.00. The fraction of sp³-hybridized carbons (Fsp3) is 0.182. The summed E-state index contributed by atoms with van der Waals surface area (Å²) < 4.78 is 4.91. The molecule has 0 radical (unpaired) electrons. The summed E-state index contributed by atoms with van der Waals surface area (Å²) in [5.74, 6) is 0.381. The molecule has 0 spiro atoms. The first-order valence-electron chi connectivity index (χ1n) is 4.47. The third kappa shape index (κ3) is 1.37. The molecule has 2 aromatic rings. The third-order valence-electron chi connectivity index (χ3n) is 2.23. The van der Waals surface area contributed by atoms with Crippen LogP contribution >= 0.6 is 0 Å². The Morgan fingerprint density at radius 1 is 1.14 bits per heavy atom. The summed E-state index contributed by atoms with van der Waals surface area (Å²) in [6, 6.07) is 8.12. The van der Waals surface area contributed by atoms with Crippen LogP contribution in [0.4, 0.5) is 5.88 Å². The van der Waals surface area contributed by atoms with Crippen molar-refractivity contribution in [2.24, 2.45) is 0 Å². The van der Waals surface area contributed by atoms with Crippen molar-refractivity contribution < 1.29 is 4.52 Å². The van der Waals surface area contributed by atoms with E-state index in [-0.39, 0.29) is 0 Å². The van der Waals surface area contributed by atoms with Crippen LogP contribution in [0.5, 0.6) is 0 Å². The third-order valence-corrected chi connectivity index (χ3v) is 2.23. The zero-order valence-corrected chi connectivity index (χ0v) is 8.24. The zero-order chi connectivity index (χ0) is 10.1. The number of rotatable bonds is 1. The van der Waals surface area contributed by atoms with E-state index in [0.717, 1.165) is 16.8 Å². The largest absolute Gasteiger partial charge is 0.367 e. The van der Waals surface area contributed by atoms with Gasteiger partial charge >= 0.3 is 0 Å². The number of anilines is 1. The maximum absolute atomic E-state index is 5.68. The van der Waals surface area contributed by atoms with Gasteiger partial charge < -0.3 is 10.3 Å². The molecule has 72 valence electrons. The number of nitrogens with two attached hydrogens (primary N) is 1. The summed E-state index contributed by atoms with van der Waals surface area (Å²) >= 11 is 0. The lowest BCUT2D eigenvalue weighted by Gasteiger charge is -1.99. The summed E-state index contributed by atoms with van der Waals surface area (Å²) in [6.45, 7) is 3.93. The second-order valence-electron chi connectivity index (χ2n) is 3.37. The van der Waals surface area contributed by atoms with Crippen LogP contribution in [-0.4, -0.2) is 5.16 Å². The first-order valence-corrected chi connectivity index (χ1v) is 4.47. The smallest absolute Gasteiger partial charge is 0.230 e. The van der Waals surface area contributed by atoms with Crippen molar-refractivity contribution >= 4 is 5.88 Å². The van der Waals surface area contributed by atoms with E-state index in [1.807, 2.05) is 38.1 Å². The van der Waals surface area contributed by atoms with Gasteiger partial charge in [-0.3, -0.25) is 0 Å². The van der Waals surface area contributed by atoms with Gasteiger partial charge in [-0.1, -0.05) is 35.0 Å². The second-order valence-corrected chi connectivity index (χ2v) is 3.37. The molecule has 0 aliphatic carbocycles. The summed E-state index contributed by atoms with van der Waals surface area (Å²) in [6.07, 6.45) is 0. The Morgan fingerprint density at radius 2 is 1.79 bits per heavy atom. The molecule has 0 aliphatic rings. The summed E-state index contributed by atoms with van der Waals surface area (Å²) in [5.41, 5.74) is 9.67. The molecule has 0 bridgehead atoms. The second kappa shape index (κ2) is 3.18. The molecular formula is C11H12N2O. The van der Waals surface area contributed by atoms with Gasteiger partial charge in [-0.05, 0) is 19.4 Å². The van der Waals surface area contributed by atoms with E-state index >= 15 is 0 Å². The molecule has 3 heteroatoms. The maximum atomic E-state index is 5.68. The lowest BCUT2D eigenvalue weighted by molar-refractivity contribution is 0.431. The maximum Gasteiger partial charge on any atom is 0.230 e. The van der Waals surface area contributed by atoms with E-state index in [9.17, 15) is 0 Å². The topological polar surface area (TPSA) is 52.0 Å². The highest BCUT2D eigenvalue weighted by Crippen LogP contribution is 2.28. The molecule has 0 amide bonds. The molecular weight excluding hydrogens is 176 g/mol. The van der Waals surface area contributed by atoms with E-state index in [1.54, 1.807) is 0 Å². The highest BCUT2D eigenvalue weighted by atomic mass is 16.5.